The van der Waals surface area contributed by atoms with E-state index in [0.717, 1.165) is 11.4 Å². The van der Waals surface area contributed by atoms with Crippen molar-refractivity contribution in [3.63, 3.8) is 0 Å². The number of methoxy groups -OCH3 is 1. The Morgan fingerprint density at radius 3 is 2.10 bits per heavy atom. The van der Waals surface area contributed by atoms with Crippen LogP contribution >= 0.6 is 8.58 Å². The highest BCUT2D eigenvalue weighted by Gasteiger charge is 2.13. The first-order valence-corrected chi connectivity index (χ1v) is 11.6. The van der Waals surface area contributed by atoms with Crippen molar-refractivity contribution in [2.24, 2.45) is 4.99 Å². The van der Waals surface area contributed by atoms with Crippen LogP contribution in [0.4, 0.5) is 5.69 Å². The molecule has 0 radical (unpaired) electrons. The quantitative estimate of drug-likeness (QED) is 0.312. The van der Waals surface area contributed by atoms with Crippen LogP contribution in [0.5, 0.6) is 5.75 Å². The van der Waals surface area contributed by atoms with Gasteiger partial charge in [0.2, 0.25) is 0 Å². The van der Waals surface area contributed by atoms with E-state index in [1.54, 1.807) is 7.11 Å². The van der Waals surface area contributed by atoms with E-state index in [-0.39, 0.29) is 0 Å². The molecule has 0 saturated carbocycles. The van der Waals surface area contributed by atoms with Crippen LogP contribution in [0.25, 0.3) is 0 Å². The van der Waals surface area contributed by atoms with Crippen molar-refractivity contribution < 1.29 is 4.74 Å². The third kappa shape index (κ3) is 4.99. The molecule has 3 heteroatoms. The number of para-hydroxylation sites is 1. The second-order valence-electron chi connectivity index (χ2n) is 8.21. The van der Waals surface area contributed by atoms with Crippen LogP contribution < -0.4 is 15.3 Å². The molecule has 0 bridgehead atoms. The van der Waals surface area contributed by atoms with Gasteiger partial charge in [0.05, 0.1) is 12.8 Å². The van der Waals surface area contributed by atoms with Crippen LogP contribution in [0.2, 0.25) is 0 Å². The molecule has 156 valence electrons. The average Bonchev–Trinajstić information content (AvgIpc) is 2.74. The van der Waals surface area contributed by atoms with Crippen LogP contribution in [-0.4, -0.2) is 13.3 Å². The maximum absolute atomic E-state index is 5.62. The van der Waals surface area contributed by atoms with Crippen LogP contribution in [0, 0.1) is 6.92 Å². The van der Waals surface area contributed by atoms with Gasteiger partial charge in [-0.05, 0) is 53.1 Å². The molecule has 0 aliphatic rings. The van der Waals surface area contributed by atoms with E-state index in [0.29, 0.717) is 20.4 Å². The first kappa shape index (κ1) is 22.2. The Bertz CT molecular complexity index is 1010. The number of nitrogens with zero attached hydrogens (tertiary/aromatic N) is 1. The van der Waals surface area contributed by atoms with Crippen LogP contribution in [0.15, 0.2) is 65.7 Å². The summed E-state index contributed by atoms with van der Waals surface area (Å²) in [5.41, 5.74) is 6.23. The maximum atomic E-state index is 5.62. The molecule has 0 aliphatic carbocycles. The van der Waals surface area contributed by atoms with Crippen LogP contribution in [0.3, 0.4) is 0 Å². The summed E-state index contributed by atoms with van der Waals surface area (Å²) < 4.78 is 5.62. The lowest BCUT2D eigenvalue weighted by Gasteiger charge is -2.17. The second kappa shape index (κ2) is 10.0. The Balaban J connectivity index is 2.02. The number of aliphatic imine (C=N–C) groups is 1. The van der Waals surface area contributed by atoms with E-state index >= 15 is 0 Å². The summed E-state index contributed by atoms with van der Waals surface area (Å²) in [6.45, 7) is 11.1. The van der Waals surface area contributed by atoms with Gasteiger partial charge in [0.15, 0.2) is 0 Å². The number of rotatable bonds is 7. The number of hydrogen-bond acceptors (Lipinski definition) is 2. The first-order valence-electron chi connectivity index (χ1n) is 10.6. The largest absolute Gasteiger partial charge is 0.496 e. The third-order valence-corrected chi connectivity index (χ3v) is 6.95. The third-order valence-electron chi connectivity index (χ3n) is 5.37. The lowest BCUT2D eigenvalue weighted by atomic mass is 9.89. The van der Waals surface area contributed by atoms with Gasteiger partial charge in [-0.3, -0.25) is 4.99 Å². The van der Waals surface area contributed by atoms with Crippen molar-refractivity contribution in [2.75, 3.05) is 7.11 Å². The Kier molecular flexibility index (Phi) is 7.45. The molecule has 3 aromatic rings. The highest BCUT2D eigenvalue weighted by Crippen LogP contribution is 2.29. The van der Waals surface area contributed by atoms with Crippen LogP contribution in [-0.2, 0) is 0 Å². The topological polar surface area (TPSA) is 21.6 Å². The van der Waals surface area contributed by atoms with E-state index in [4.69, 9.17) is 9.73 Å². The number of benzene rings is 3. The minimum atomic E-state index is 0.457. The van der Waals surface area contributed by atoms with Crippen molar-refractivity contribution in [2.45, 2.75) is 46.5 Å². The molecule has 1 unspecified atom stereocenters. The molecule has 0 amide bonds. The molecule has 30 heavy (non-hydrogen) atoms. The number of ether oxygens (including phenoxy) is 1. The molecule has 3 aromatic carbocycles. The minimum Gasteiger partial charge on any atom is -0.496 e. The summed E-state index contributed by atoms with van der Waals surface area (Å²) >= 11 is 0. The molecule has 0 aliphatic heterocycles. The fraction of sp³-hybridized carbons (Fsp3) is 0.296. The molecule has 0 aromatic heterocycles. The highest BCUT2D eigenvalue weighted by atomic mass is 31.1. The fourth-order valence-corrected chi connectivity index (χ4v) is 5.00. The van der Waals surface area contributed by atoms with Crippen molar-refractivity contribution >= 4 is 31.1 Å². The van der Waals surface area contributed by atoms with Gasteiger partial charge in [0.1, 0.15) is 5.75 Å². The molecular weight excluding hydrogens is 385 g/mol. The molecule has 0 spiro atoms. The van der Waals surface area contributed by atoms with Gasteiger partial charge in [-0.1, -0.05) is 84.8 Å². The summed E-state index contributed by atoms with van der Waals surface area (Å²) in [4.78, 5) is 4.99. The highest BCUT2D eigenvalue weighted by molar-refractivity contribution is 7.56. The van der Waals surface area contributed by atoms with Crippen molar-refractivity contribution in [1.82, 2.24) is 0 Å². The summed E-state index contributed by atoms with van der Waals surface area (Å²) in [5.74, 6) is 1.86. The predicted octanol–water partition coefficient (Wildman–Crippen LogP) is 6.63. The second-order valence-corrected chi connectivity index (χ2v) is 9.50. The zero-order chi connectivity index (χ0) is 21.7. The van der Waals surface area contributed by atoms with Crippen molar-refractivity contribution in [3.05, 3.63) is 82.9 Å². The lowest BCUT2D eigenvalue weighted by molar-refractivity contribution is 0.418. The summed E-state index contributed by atoms with van der Waals surface area (Å²) in [7, 11) is 2.23. The Labute approximate surface area is 183 Å². The smallest absolute Gasteiger partial charge is 0.126 e. The van der Waals surface area contributed by atoms with Gasteiger partial charge in [-0.2, -0.15) is 0 Å². The first-order chi connectivity index (χ1) is 14.4. The van der Waals surface area contributed by atoms with Gasteiger partial charge in [-0.15, -0.1) is 0 Å². The average molecular weight is 418 g/mol. The van der Waals surface area contributed by atoms with E-state index in [1.165, 1.54) is 32.9 Å². The van der Waals surface area contributed by atoms with Crippen LogP contribution in [0.1, 0.15) is 61.8 Å². The predicted molar refractivity (Wildman–Crippen MR) is 134 cm³/mol. The SMILES string of the molecule is COc1cccc(C)c1Pc1ccccc1N=Cc1c(C(C)C)cccc1C(C)C. The molecule has 2 nitrogen and oxygen atoms in total. The van der Waals surface area contributed by atoms with Gasteiger partial charge in [0.25, 0.3) is 0 Å². The Hall–Kier alpha value is -2.44. The summed E-state index contributed by atoms with van der Waals surface area (Å²) in [6.07, 6.45) is 2.07. The van der Waals surface area contributed by atoms with E-state index in [9.17, 15) is 0 Å². The van der Waals surface area contributed by atoms with Gasteiger partial charge in [-0.25, -0.2) is 0 Å². The fourth-order valence-electron chi connectivity index (χ4n) is 3.69. The minimum absolute atomic E-state index is 0.457. The molecule has 1 atom stereocenters. The molecule has 0 N–H and O–H groups in total. The monoisotopic (exact) mass is 417 g/mol. The molecule has 0 heterocycles. The molecule has 3 rings (SSSR count). The van der Waals surface area contributed by atoms with Crippen molar-refractivity contribution in [3.8, 4) is 5.75 Å². The molecule has 0 fully saturated rings. The van der Waals surface area contributed by atoms with E-state index in [2.05, 4.69) is 89.4 Å². The van der Waals surface area contributed by atoms with Gasteiger partial charge in [0, 0.05) is 16.8 Å². The normalized spacial score (nSPS) is 12.0. The summed E-state index contributed by atoms with van der Waals surface area (Å²) in [6, 6.07) is 21.3. The maximum Gasteiger partial charge on any atom is 0.126 e. The Morgan fingerprint density at radius 2 is 1.47 bits per heavy atom. The molecular formula is C27H32NOP. The van der Waals surface area contributed by atoms with E-state index in [1.807, 2.05) is 12.1 Å². The van der Waals surface area contributed by atoms with E-state index < -0.39 is 0 Å². The van der Waals surface area contributed by atoms with Gasteiger partial charge < -0.3 is 4.74 Å². The standard InChI is InChI=1S/C27H32NOP/c1-18(2)21-12-10-13-22(19(3)4)23(21)17-28-24-14-7-8-16-26(24)30-27-20(5)11-9-15-25(27)29-6/h7-19,30H,1-6H3. The zero-order valence-corrected chi connectivity index (χ0v) is 19.9. The van der Waals surface area contributed by atoms with Gasteiger partial charge >= 0.3 is 0 Å². The van der Waals surface area contributed by atoms with Crippen molar-refractivity contribution in [1.29, 1.82) is 0 Å². The Morgan fingerprint density at radius 1 is 0.833 bits per heavy atom. The summed E-state index contributed by atoms with van der Waals surface area (Å²) in [5, 5.41) is 2.47. The number of aryl methyl sites for hydroxylation is 1. The molecule has 0 saturated heterocycles. The number of hydrogen-bond donors (Lipinski definition) is 0. The zero-order valence-electron chi connectivity index (χ0n) is 18.9. The lowest BCUT2D eigenvalue weighted by Crippen LogP contribution is -2.10.